The highest BCUT2D eigenvalue weighted by molar-refractivity contribution is 6.74. The molecule has 2 saturated heterocycles. The van der Waals surface area contributed by atoms with Gasteiger partial charge < -0.3 is 29.6 Å². The lowest BCUT2D eigenvalue weighted by Gasteiger charge is -2.42. The summed E-state index contributed by atoms with van der Waals surface area (Å²) in [4.78, 5) is 46.9. The molecule has 300 valence electrons. The zero-order chi connectivity index (χ0) is 39.7. The lowest BCUT2D eigenvalue weighted by molar-refractivity contribution is -0.140. The van der Waals surface area contributed by atoms with E-state index in [-0.39, 0.29) is 22.8 Å². The number of hydrogen-bond donors (Lipinski definition) is 2. The molecule has 2 aliphatic rings. The van der Waals surface area contributed by atoms with E-state index in [9.17, 15) is 14.4 Å². The number of piperidine rings is 1. The number of benzene rings is 2. The van der Waals surface area contributed by atoms with Gasteiger partial charge in [0, 0.05) is 25.0 Å². The van der Waals surface area contributed by atoms with E-state index in [4.69, 9.17) is 9.16 Å². The monoisotopic (exact) mass is 763 g/mol. The Balaban J connectivity index is 1.65. The topological polar surface area (TPSA) is 100 Å². The Morgan fingerprint density at radius 1 is 0.796 bits per heavy atom. The van der Waals surface area contributed by atoms with Crippen molar-refractivity contribution in [1.82, 2.24) is 20.4 Å². The van der Waals surface area contributed by atoms with Crippen LogP contribution in [0.2, 0.25) is 18.1 Å². The van der Waals surface area contributed by atoms with E-state index < -0.39 is 44.1 Å². The van der Waals surface area contributed by atoms with Gasteiger partial charge in [-0.1, -0.05) is 95.3 Å². The Bertz CT molecular complexity index is 1480. The van der Waals surface area contributed by atoms with Gasteiger partial charge in [0.25, 0.3) is 0 Å². The molecule has 10 heteroatoms. The molecule has 0 radical (unpaired) electrons. The maximum Gasteiger partial charge on any atom is 0.407 e. The second-order valence-electron chi connectivity index (χ2n) is 18.5. The van der Waals surface area contributed by atoms with Crippen LogP contribution >= 0.6 is 0 Å². The normalized spacial score (nSPS) is 18.5. The summed E-state index contributed by atoms with van der Waals surface area (Å²) in [6.07, 6.45) is 4.75. The maximum atomic E-state index is 14.7. The van der Waals surface area contributed by atoms with Crippen LogP contribution in [0.5, 0.6) is 0 Å². The fraction of sp³-hybridized carbons (Fsp3) is 0.659. The van der Waals surface area contributed by atoms with Crippen molar-refractivity contribution in [3.63, 3.8) is 0 Å². The Morgan fingerprint density at radius 3 is 1.83 bits per heavy atom. The van der Waals surface area contributed by atoms with Crippen LogP contribution in [0.15, 0.2) is 60.7 Å². The largest absolute Gasteiger partial charge is 0.444 e. The van der Waals surface area contributed by atoms with E-state index >= 15 is 0 Å². The summed E-state index contributed by atoms with van der Waals surface area (Å²) in [6.45, 7) is 24.3. The van der Waals surface area contributed by atoms with Gasteiger partial charge in [-0.15, -0.1) is 0 Å². The molecular weight excluding hydrogens is 693 g/mol. The Morgan fingerprint density at radius 2 is 1.33 bits per heavy atom. The fourth-order valence-electron chi connectivity index (χ4n) is 7.45. The van der Waals surface area contributed by atoms with E-state index in [1.807, 2.05) is 100 Å². The molecule has 0 saturated carbocycles. The Hall–Kier alpha value is -3.21. The molecule has 3 amide bonds. The number of carbonyl (C=O) groups excluding carboxylic acids is 3. The average molecular weight is 763 g/mol. The zero-order valence-electron chi connectivity index (χ0n) is 35.0. The van der Waals surface area contributed by atoms with Crippen LogP contribution in [-0.4, -0.2) is 92.0 Å². The van der Waals surface area contributed by atoms with E-state index in [0.717, 1.165) is 37.1 Å². The zero-order valence-corrected chi connectivity index (χ0v) is 36.0. The molecule has 2 fully saturated rings. The first-order chi connectivity index (χ1) is 25.3. The molecule has 0 spiro atoms. The smallest absolute Gasteiger partial charge is 0.407 e. The minimum atomic E-state index is -2.43. The van der Waals surface area contributed by atoms with Gasteiger partial charge in [0.1, 0.15) is 11.6 Å². The van der Waals surface area contributed by atoms with Crippen LogP contribution in [0.3, 0.4) is 0 Å². The number of rotatable bonds is 15. The van der Waals surface area contributed by atoms with Crippen LogP contribution in [0.1, 0.15) is 98.6 Å². The predicted octanol–water partition coefficient (Wildman–Crippen LogP) is 7.99. The number of carbonyl (C=O) groups is 3. The molecule has 4 atom stereocenters. The third kappa shape index (κ3) is 12.9. The summed E-state index contributed by atoms with van der Waals surface area (Å²) in [5.74, 6) is -0.790. The van der Waals surface area contributed by atoms with Gasteiger partial charge in [0.05, 0.1) is 12.1 Å². The average Bonchev–Trinajstić information content (AvgIpc) is 3.64. The number of amides is 3. The number of alkyl carbamates (subject to hydrolysis) is 1. The molecule has 2 aromatic carbocycles. The molecule has 0 bridgehead atoms. The lowest BCUT2D eigenvalue weighted by Crippen LogP contribution is -2.57. The molecule has 54 heavy (non-hydrogen) atoms. The molecule has 2 N–H and O–H groups in total. The first-order valence-electron chi connectivity index (χ1n) is 20.4. The summed E-state index contributed by atoms with van der Waals surface area (Å²) in [7, 11) is -2.43. The van der Waals surface area contributed by atoms with Crippen molar-refractivity contribution in [2.24, 2.45) is 11.8 Å². The number of nitrogens with zero attached hydrogens (tertiary/aromatic N) is 2. The molecule has 2 aromatic rings. The lowest BCUT2D eigenvalue weighted by atomic mass is 9.88. The van der Waals surface area contributed by atoms with Gasteiger partial charge >= 0.3 is 6.09 Å². The molecule has 3 unspecified atom stereocenters. The van der Waals surface area contributed by atoms with Crippen LogP contribution in [-0.2, 0) is 31.6 Å². The predicted molar refractivity (Wildman–Crippen MR) is 221 cm³/mol. The molecule has 0 aliphatic carbocycles. The van der Waals surface area contributed by atoms with Crippen molar-refractivity contribution in [2.75, 3.05) is 26.2 Å². The Kier molecular flexibility index (Phi) is 15.4. The number of hydrogen-bond acceptors (Lipinski definition) is 6. The quantitative estimate of drug-likeness (QED) is 0.179. The molecule has 0 aromatic heterocycles. The highest BCUT2D eigenvalue weighted by Gasteiger charge is 2.43. The molecule has 9 nitrogen and oxygen atoms in total. The summed E-state index contributed by atoms with van der Waals surface area (Å²) >= 11 is 0. The van der Waals surface area contributed by atoms with Crippen LogP contribution in [0.4, 0.5) is 4.79 Å². The highest BCUT2D eigenvalue weighted by atomic mass is 28.4. The third-order valence-corrected chi connectivity index (χ3v) is 16.1. The highest BCUT2D eigenvalue weighted by Crippen LogP contribution is 2.39. The molecule has 2 heterocycles. The standard InChI is InChI=1S/C44H70N4O5Si/c1-32(2)39(41(50)48-27-23-36(24-28-48)47-25-17-18-26-47)46-40(49)35(29-33-19-13-11-14-20-33)31-38(53-54(9,10)44(6,7)8)37(30-34-21-15-12-16-22-34)45-42(51)52-43(3,4)5/h11-16,19-22,32,35-39H,17-18,23-31H2,1-10H3,(H,45,51)(H,46,49)/t35?,37?,38?,39-/m0/s1. The van der Waals surface area contributed by atoms with Crippen molar-refractivity contribution in [1.29, 1.82) is 0 Å². The molecular formula is C44H70N4O5Si. The number of nitrogens with one attached hydrogen (secondary N) is 2. The van der Waals surface area contributed by atoms with Gasteiger partial charge in [-0.05, 0) is 114 Å². The maximum absolute atomic E-state index is 14.7. The van der Waals surface area contributed by atoms with Crippen molar-refractivity contribution < 1.29 is 23.5 Å². The Labute approximate surface area is 327 Å². The first kappa shape index (κ1) is 43.5. The van der Waals surface area contributed by atoms with Crippen molar-refractivity contribution in [2.45, 2.75) is 148 Å². The summed E-state index contributed by atoms with van der Waals surface area (Å²) < 4.78 is 13.0. The molecule has 4 rings (SSSR count). The van der Waals surface area contributed by atoms with Crippen molar-refractivity contribution in [3.05, 3.63) is 71.8 Å². The summed E-state index contributed by atoms with van der Waals surface area (Å²) in [6, 6.07) is 19.5. The van der Waals surface area contributed by atoms with Gasteiger partial charge in [0.15, 0.2) is 8.32 Å². The first-order valence-corrected chi connectivity index (χ1v) is 23.3. The van der Waals surface area contributed by atoms with Gasteiger partial charge in [0.2, 0.25) is 11.8 Å². The third-order valence-electron chi connectivity index (χ3n) is 11.6. The minimum Gasteiger partial charge on any atom is -0.444 e. The van der Waals surface area contributed by atoms with E-state index in [2.05, 4.69) is 49.4 Å². The second-order valence-corrected chi connectivity index (χ2v) is 23.3. The van der Waals surface area contributed by atoms with Crippen molar-refractivity contribution >= 4 is 26.2 Å². The van der Waals surface area contributed by atoms with Crippen molar-refractivity contribution in [3.8, 4) is 0 Å². The summed E-state index contributed by atoms with van der Waals surface area (Å²) in [5, 5.41) is 6.33. The fourth-order valence-corrected chi connectivity index (χ4v) is 8.82. The minimum absolute atomic E-state index is 0.000645. The van der Waals surface area contributed by atoms with E-state index in [0.29, 0.717) is 38.4 Å². The molecule has 2 aliphatic heterocycles. The van der Waals surface area contributed by atoms with Gasteiger partial charge in [-0.25, -0.2) is 4.79 Å². The summed E-state index contributed by atoms with van der Waals surface area (Å²) in [5.41, 5.74) is 1.39. The van der Waals surface area contributed by atoms with Gasteiger partial charge in [-0.2, -0.15) is 0 Å². The van der Waals surface area contributed by atoms with Crippen LogP contribution in [0.25, 0.3) is 0 Å². The number of ether oxygens (including phenoxy) is 1. The van der Waals surface area contributed by atoms with Crippen LogP contribution in [0, 0.1) is 11.8 Å². The van der Waals surface area contributed by atoms with E-state index in [1.165, 1.54) is 12.8 Å². The number of likely N-dealkylation sites (tertiary alicyclic amines) is 2. The SMILES string of the molecule is CC(C)[C@H](NC(=O)C(Cc1ccccc1)CC(O[Si](C)(C)C(C)(C)C)C(Cc1ccccc1)NC(=O)OC(C)(C)C)C(=O)N1CCC(N2CCCC2)CC1. The van der Waals surface area contributed by atoms with E-state index in [1.54, 1.807) is 0 Å². The van der Waals surface area contributed by atoms with Crippen LogP contribution < -0.4 is 10.6 Å². The second kappa shape index (κ2) is 19.1. The van der Waals surface area contributed by atoms with Gasteiger partial charge in [-0.3, -0.25) is 9.59 Å².